The maximum atomic E-state index is 2.56. The number of para-hydroxylation sites is 5. The summed E-state index contributed by atoms with van der Waals surface area (Å²) in [7, 11) is 0. The quantitative estimate of drug-likeness (QED) is 0.147. The molecule has 0 saturated carbocycles. The molecule has 0 spiro atoms. The maximum Gasteiger partial charge on any atom is 0.252 e. The lowest BCUT2D eigenvalue weighted by Crippen LogP contribution is -2.61. The molecule has 0 saturated heterocycles. The minimum Gasteiger partial charge on any atom is -0.311 e. The number of nitrogens with zero attached hydrogens (tertiary/aromatic N) is 4. The third-order valence-electron chi connectivity index (χ3n) is 18.6. The fourth-order valence-electron chi connectivity index (χ4n) is 14.9. The summed E-state index contributed by atoms with van der Waals surface area (Å²) in [6.45, 7) is 0.195. The van der Waals surface area contributed by atoms with Gasteiger partial charge in [0.2, 0.25) is 0 Å². The normalized spacial score (nSPS) is 13.4. The summed E-state index contributed by atoms with van der Waals surface area (Å²) >= 11 is 5.56. The van der Waals surface area contributed by atoms with E-state index in [1.165, 1.54) is 153 Å². The fourth-order valence-corrected chi connectivity index (χ4v) is 18.3. The Bertz CT molecular complexity index is 5300. The maximum absolute atomic E-state index is 2.56. The van der Waals surface area contributed by atoms with Crippen LogP contribution in [0.25, 0.3) is 64.3 Å². The molecule has 87 heavy (non-hydrogen) atoms. The van der Waals surface area contributed by atoms with Crippen LogP contribution in [0.15, 0.2) is 290 Å². The molecule has 404 valence electrons. The van der Waals surface area contributed by atoms with Crippen molar-refractivity contribution in [3.8, 4) is 32.0 Å². The first-order chi connectivity index (χ1) is 43.2. The minimum atomic E-state index is 0.0940. The van der Waals surface area contributed by atoms with Crippen molar-refractivity contribution in [3.63, 3.8) is 0 Å². The zero-order valence-electron chi connectivity index (χ0n) is 46.9. The molecule has 4 aliphatic rings. The average molecular weight is 1160 g/mol. The van der Waals surface area contributed by atoms with Crippen molar-refractivity contribution in [2.45, 2.75) is 0 Å². The second-order valence-electron chi connectivity index (χ2n) is 23.1. The smallest absolute Gasteiger partial charge is 0.252 e. The van der Waals surface area contributed by atoms with Gasteiger partial charge in [0.05, 0.1) is 0 Å². The van der Waals surface area contributed by atoms with Crippen LogP contribution in [-0.4, -0.2) is 13.4 Å². The zero-order valence-corrected chi connectivity index (χ0v) is 49.3. The van der Waals surface area contributed by atoms with E-state index in [0.29, 0.717) is 0 Å². The van der Waals surface area contributed by atoms with Gasteiger partial charge in [0, 0.05) is 98.9 Å². The monoisotopic (exact) mass is 1160 g/mol. The van der Waals surface area contributed by atoms with Crippen LogP contribution in [0, 0.1) is 0 Å². The molecule has 0 fully saturated rings. The van der Waals surface area contributed by atoms with Gasteiger partial charge < -0.3 is 19.6 Å². The van der Waals surface area contributed by atoms with Gasteiger partial charge in [-0.2, -0.15) is 0 Å². The van der Waals surface area contributed by atoms with E-state index in [1.54, 1.807) is 0 Å². The van der Waals surface area contributed by atoms with Gasteiger partial charge in [-0.15, -0.1) is 34.0 Å². The zero-order chi connectivity index (χ0) is 56.8. The van der Waals surface area contributed by atoms with E-state index in [0.717, 1.165) is 11.4 Å². The highest BCUT2D eigenvalue weighted by Crippen LogP contribution is 2.52. The Balaban J connectivity index is 0.696. The molecule has 0 N–H and O–H groups in total. The van der Waals surface area contributed by atoms with E-state index in [1.807, 2.05) is 34.0 Å². The first kappa shape index (κ1) is 49.1. The third-order valence-corrected chi connectivity index (χ3v) is 21.9. The molecule has 4 nitrogen and oxygen atoms in total. The van der Waals surface area contributed by atoms with Crippen LogP contribution in [0.3, 0.4) is 0 Å². The van der Waals surface area contributed by atoms with Crippen molar-refractivity contribution in [3.05, 3.63) is 290 Å². The third kappa shape index (κ3) is 7.25. The van der Waals surface area contributed by atoms with E-state index in [-0.39, 0.29) is 13.4 Å². The molecule has 7 heterocycles. The predicted octanol–water partition coefficient (Wildman–Crippen LogP) is 18.5. The minimum absolute atomic E-state index is 0.0940. The van der Waals surface area contributed by atoms with E-state index in [4.69, 9.17) is 0 Å². The standard InChI is InChI=1S/C78H48B2N4S3/c1-3-19-49(20-4-1)76-60-46-52(40-44-59(60)75(87-76)50-37-41-56(42-38-50)82-66-30-14-10-26-62(66)79-61-25-9-13-29-65(61)81(55-22-5-2-6-23-55)69-33-17-34-70(82)73(69)79)51-39-43-58-54(45-51)48-86-78(58)84-68-32-16-12-28-64(68)80-63-27-11-15-31-67(63)83(71-35-18-36-72(84)74(71)80)77-57-24-8-7-21-53(57)47-85-77/h1-48H. The van der Waals surface area contributed by atoms with Crippen LogP contribution in [0.5, 0.6) is 0 Å². The lowest BCUT2D eigenvalue weighted by molar-refractivity contribution is 1.25. The Morgan fingerprint density at radius 2 is 0.644 bits per heavy atom. The average Bonchev–Trinajstić information content (AvgIpc) is 1.29. The molecule has 4 aliphatic heterocycles. The highest BCUT2D eigenvalue weighted by molar-refractivity contribution is 7.21. The molecule has 3 aromatic heterocycles. The molecular weight excluding hydrogens is 1110 g/mol. The Morgan fingerprint density at radius 3 is 1.22 bits per heavy atom. The summed E-state index contributed by atoms with van der Waals surface area (Å²) in [5.41, 5.74) is 25.0. The fraction of sp³-hybridized carbons (Fsp3) is 0. The van der Waals surface area contributed by atoms with E-state index >= 15 is 0 Å². The highest BCUT2D eigenvalue weighted by atomic mass is 32.1. The Hall–Kier alpha value is -10.2. The van der Waals surface area contributed by atoms with Gasteiger partial charge in [-0.25, -0.2) is 0 Å². The molecule has 0 atom stereocenters. The van der Waals surface area contributed by atoms with Crippen LogP contribution in [0.2, 0.25) is 0 Å². The lowest BCUT2D eigenvalue weighted by Gasteiger charge is -2.44. The summed E-state index contributed by atoms with van der Waals surface area (Å²) in [5, 5.41) is 14.7. The van der Waals surface area contributed by atoms with Crippen LogP contribution in [-0.2, 0) is 0 Å². The van der Waals surface area contributed by atoms with Crippen molar-refractivity contribution in [1.29, 1.82) is 0 Å². The highest BCUT2D eigenvalue weighted by Gasteiger charge is 2.45. The van der Waals surface area contributed by atoms with Crippen molar-refractivity contribution < 1.29 is 0 Å². The first-order valence-corrected chi connectivity index (χ1v) is 32.3. The second kappa shape index (κ2) is 19.2. The van der Waals surface area contributed by atoms with Gasteiger partial charge in [-0.3, -0.25) is 0 Å². The second-order valence-corrected chi connectivity index (χ2v) is 25.8. The van der Waals surface area contributed by atoms with Crippen LogP contribution >= 0.6 is 34.0 Å². The lowest BCUT2D eigenvalue weighted by atomic mass is 9.33. The summed E-state index contributed by atoms with van der Waals surface area (Å²) in [6, 6.07) is 104. The Labute approximate surface area is 517 Å². The molecule has 15 aromatic rings. The van der Waals surface area contributed by atoms with Crippen LogP contribution in [0.1, 0.15) is 0 Å². The van der Waals surface area contributed by atoms with Crippen LogP contribution < -0.4 is 52.4 Å². The van der Waals surface area contributed by atoms with Gasteiger partial charge in [0.1, 0.15) is 10.0 Å². The largest absolute Gasteiger partial charge is 0.311 e. The number of benzene rings is 12. The van der Waals surface area contributed by atoms with Gasteiger partial charge in [0.25, 0.3) is 13.4 Å². The molecule has 0 radical (unpaired) electrons. The predicted molar refractivity (Wildman–Crippen MR) is 377 cm³/mol. The molecule has 0 aliphatic carbocycles. The van der Waals surface area contributed by atoms with E-state index in [2.05, 4.69) is 309 Å². The van der Waals surface area contributed by atoms with E-state index in [9.17, 15) is 0 Å². The van der Waals surface area contributed by atoms with Crippen LogP contribution in [0.4, 0.5) is 66.9 Å². The van der Waals surface area contributed by atoms with Crippen molar-refractivity contribution >= 4 is 179 Å². The number of hydrogen-bond acceptors (Lipinski definition) is 7. The molecule has 0 bridgehead atoms. The van der Waals surface area contributed by atoms with Gasteiger partial charge >= 0.3 is 0 Å². The number of anilines is 12. The summed E-state index contributed by atoms with van der Waals surface area (Å²) < 4.78 is 0. The van der Waals surface area contributed by atoms with E-state index < -0.39 is 0 Å². The van der Waals surface area contributed by atoms with Gasteiger partial charge in [0.15, 0.2) is 0 Å². The summed E-state index contributed by atoms with van der Waals surface area (Å²) in [6.07, 6.45) is 0. The van der Waals surface area contributed by atoms with Crippen molar-refractivity contribution in [2.75, 3.05) is 19.6 Å². The number of thiophene rings is 3. The molecule has 12 aromatic carbocycles. The molecule has 9 heteroatoms. The molecule has 0 amide bonds. The Morgan fingerprint density at radius 1 is 0.253 bits per heavy atom. The van der Waals surface area contributed by atoms with Gasteiger partial charge in [-0.05, 0) is 151 Å². The topological polar surface area (TPSA) is 13.0 Å². The van der Waals surface area contributed by atoms with Crippen molar-refractivity contribution in [2.24, 2.45) is 0 Å². The Kier molecular flexibility index (Phi) is 10.8. The SMILES string of the molecule is c1ccc(-c2sc(-c3ccc(N4c5ccccc5B5c6ccccc6N(c6ccccc6)c6cccc4c65)cc3)c3ccc(-c4ccc5c(N6c7ccccc7B7c8ccccc8N(c8scc9ccccc89)c8cccc6c87)scc5c4)cc23)cc1. The van der Waals surface area contributed by atoms with Gasteiger partial charge in [-0.1, -0.05) is 194 Å². The molecule has 19 rings (SSSR count). The molecule has 0 unspecified atom stereocenters. The number of rotatable bonds is 7. The summed E-state index contributed by atoms with van der Waals surface area (Å²) in [5.74, 6) is 0. The molecular formula is C78H48B2N4S3. The summed E-state index contributed by atoms with van der Waals surface area (Å²) in [4.78, 5) is 12.6. The first-order valence-electron chi connectivity index (χ1n) is 29.8. The van der Waals surface area contributed by atoms with Crippen molar-refractivity contribution in [1.82, 2.24) is 0 Å². The number of fused-ring (bicyclic) bond motifs is 11. The number of hydrogen-bond donors (Lipinski definition) is 0.